The normalized spacial score (nSPS) is 12.5. The van der Waals surface area contributed by atoms with Gasteiger partial charge in [-0.3, -0.25) is 0 Å². The van der Waals surface area contributed by atoms with Gasteiger partial charge in [-0.15, -0.1) is 5.10 Å². The summed E-state index contributed by atoms with van der Waals surface area (Å²) in [4.78, 5) is 4.39. The molecule has 0 atom stereocenters. The second-order valence-electron chi connectivity index (χ2n) is 5.25. The van der Waals surface area contributed by atoms with Crippen LogP contribution < -0.4 is 20.1 Å². The summed E-state index contributed by atoms with van der Waals surface area (Å²) in [6.45, 7) is 1.10. The van der Waals surface area contributed by atoms with Crippen molar-refractivity contribution in [2.75, 3.05) is 23.8 Å². The summed E-state index contributed by atoms with van der Waals surface area (Å²) in [5.74, 6) is 2.32. The fourth-order valence-corrected chi connectivity index (χ4v) is 2.55. The first kappa shape index (κ1) is 15.5. The minimum absolute atomic E-state index is 0.343. The molecule has 8 heteroatoms. The molecule has 126 valence electrons. The molecule has 0 radical (unpaired) electrons. The van der Waals surface area contributed by atoms with Gasteiger partial charge in [-0.1, -0.05) is 23.7 Å². The van der Waals surface area contributed by atoms with E-state index in [1.807, 2.05) is 36.4 Å². The number of nitrogens with zero attached hydrogens (tertiary/aromatic N) is 3. The van der Waals surface area contributed by atoms with Crippen LogP contribution >= 0.6 is 11.6 Å². The Morgan fingerprint density at radius 1 is 0.960 bits per heavy atom. The molecule has 2 N–H and O–H groups in total. The summed E-state index contributed by atoms with van der Waals surface area (Å²) in [6.07, 6.45) is 1.54. The second-order valence-corrected chi connectivity index (χ2v) is 5.66. The number of hydrogen-bond donors (Lipinski definition) is 2. The van der Waals surface area contributed by atoms with E-state index in [-0.39, 0.29) is 0 Å². The summed E-state index contributed by atoms with van der Waals surface area (Å²) in [7, 11) is 0. The van der Waals surface area contributed by atoms with Crippen LogP contribution in [0.5, 0.6) is 11.5 Å². The van der Waals surface area contributed by atoms with E-state index in [0.29, 0.717) is 41.4 Å². The zero-order valence-electron chi connectivity index (χ0n) is 13.1. The Hall–Kier alpha value is -3.06. The van der Waals surface area contributed by atoms with Crippen LogP contribution in [-0.4, -0.2) is 28.4 Å². The van der Waals surface area contributed by atoms with Crippen molar-refractivity contribution in [3.8, 4) is 11.5 Å². The fourth-order valence-electron chi connectivity index (χ4n) is 2.37. The molecule has 2 aromatic carbocycles. The SMILES string of the molecule is Clc1ccccc1Nc1nncc(Nc2ccc3c(c2)OCCO3)n1. The van der Waals surface area contributed by atoms with Crippen LogP contribution in [0.1, 0.15) is 0 Å². The lowest BCUT2D eigenvalue weighted by Gasteiger charge is -2.19. The van der Waals surface area contributed by atoms with Gasteiger partial charge in [0.25, 0.3) is 0 Å². The van der Waals surface area contributed by atoms with Gasteiger partial charge in [-0.2, -0.15) is 10.1 Å². The zero-order valence-corrected chi connectivity index (χ0v) is 13.8. The van der Waals surface area contributed by atoms with Crippen molar-refractivity contribution in [1.29, 1.82) is 0 Å². The second kappa shape index (κ2) is 6.82. The third-order valence-electron chi connectivity index (χ3n) is 3.49. The lowest BCUT2D eigenvalue weighted by Crippen LogP contribution is -2.15. The van der Waals surface area contributed by atoms with Crippen molar-refractivity contribution in [2.24, 2.45) is 0 Å². The smallest absolute Gasteiger partial charge is 0.249 e. The predicted octanol–water partition coefficient (Wildman–Crippen LogP) is 3.78. The molecule has 0 saturated carbocycles. The fraction of sp³-hybridized carbons (Fsp3) is 0.118. The molecule has 0 aliphatic carbocycles. The quantitative estimate of drug-likeness (QED) is 0.737. The van der Waals surface area contributed by atoms with Crippen molar-refractivity contribution in [2.45, 2.75) is 0 Å². The van der Waals surface area contributed by atoms with Gasteiger partial charge in [0, 0.05) is 11.8 Å². The molecule has 25 heavy (non-hydrogen) atoms. The van der Waals surface area contributed by atoms with Gasteiger partial charge >= 0.3 is 0 Å². The Labute approximate surface area is 149 Å². The van der Waals surface area contributed by atoms with E-state index in [1.165, 1.54) is 6.20 Å². The summed E-state index contributed by atoms with van der Waals surface area (Å²) >= 11 is 6.13. The number of benzene rings is 2. The van der Waals surface area contributed by atoms with Crippen LogP contribution in [0, 0.1) is 0 Å². The molecule has 0 fully saturated rings. The summed E-state index contributed by atoms with van der Waals surface area (Å²) in [5.41, 5.74) is 1.52. The van der Waals surface area contributed by atoms with Crippen molar-refractivity contribution < 1.29 is 9.47 Å². The molecule has 0 saturated heterocycles. The summed E-state index contributed by atoms with van der Waals surface area (Å²) < 4.78 is 11.1. The number of nitrogens with one attached hydrogen (secondary N) is 2. The average Bonchev–Trinajstić information content (AvgIpc) is 2.64. The maximum Gasteiger partial charge on any atom is 0.249 e. The van der Waals surface area contributed by atoms with Gasteiger partial charge < -0.3 is 20.1 Å². The van der Waals surface area contributed by atoms with Crippen LogP contribution in [0.25, 0.3) is 0 Å². The highest BCUT2D eigenvalue weighted by Crippen LogP contribution is 2.33. The summed E-state index contributed by atoms with van der Waals surface area (Å²) in [6, 6.07) is 13.0. The van der Waals surface area contributed by atoms with Gasteiger partial charge in [0.1, 0.15) is 13.2 Å². The number of rotatable bonds is 4. The molecule has 3 aromatic rings. The molecule has 0 bridgehead atoms. The third-order valence-corrected chi connectivity index (χ3v) is 3.82. The van der Waals surface area contributed by atoms with Gasteiger partial charge in [-0.25, -0.2) is 0 Å². The topological polar surface area (TPSA) is 81.2 Å². The lowest BCUT2D eigenvalue weighted by molar-refractivity contribution is 0.171. The van der Waals surface area contributed by atoms with E-state index in [1.54, 1.807) is 6.07 Å². The van der Waals surface area contributed by atoms with Gasteiger partial charge in [0.15, 0.2) is 17.3 Å². The van der Waals surface area contributed by atoms with Crippen LogP contribution in [0.15, 0.2) is 48.7 Å². The largest absolute Gasteiger partial charge is 0.486 e. The molecular weight excluding hydrogens is 342 g/mol. The number of fused-ring (bicyclic) bond motifs is 1. The number of hydrogen-bond acceptors (Lipinski definition) is 7. The van der Waals surface area contributed by atoms with E-state index in [4.69, 9.17) is 21.1 Å². The van der Waals surface area contributed by atoms with Gasteiger partial charge in [-0.05, 0) is 24.3 Å². The number of halogens is 1. The molecule has 0 amide bonds. The van der Waals surface area contributed by atoms with Crippen LogP contribution in [0.2, 0.25) is 5.02 Å². The molecular formula is C17H14ClN5O2. The third kappa shape index (κ3) is 3.56. The molecule has 1 aliphatic heterocycles. The molecule has 0 unspecified atom stereocenters. The van der Waals surface area contributed by atoms with Crippen molar-refractivity contribution in [3.05, 3.63) is 53.7 Å². The average molecular weight is 356 g/mol. The predicted molar refractivity (Wildman–Crippen MR) is 95.3 cm³/mol. The van der Waals surface area contributed by atoms with E-state index in [0.717, 1.165) is 11.4 Å². The molecule has 1 aliphatic rings. The minimum atomic E-state index is 0.343. The summed E-state index contributed by atoms with van der Waals surface area (Å²) in [5, 5.41) is 14.7. The Kier molecular flexibility index (Phi) is 4.22. The van der Waals surface area contributed by atoms with Gasteiger partial charge in [0.2, 0.25) is 5.95 Å². The Morgan fingerprint density at radius 2 is 1.80 bits per heavy atom. The minimum Gasteiger partial charge on any atom is -0.486 e. The Balaban J connectivity index is 1.53. The number of para-hydroxylation sites is 1. The van der Waals surface area contributed by atoms with Crippen molar-refractivity contribution in [3.63, 3.8) is 0 Å². The first-order valence-electron chi connectivity index (χ1n) is 7.66. The Bertz CT molecular complexity index is 906. The van der Waals surface area contributed by atoms with Crippen molar-refractivity contribution >= 4 is 34.7 Å². The molecule has 1 aromatic heterocycles. The van der Waals surface area contributed by atoms with Crippen LogP contribution in [0.4, 0.5) is 23.1 Å². The number of ether oxygens (including phenoxy) is 2. The molecule has 4 rings (SSSR count). The molecule has 0 spiro atoms. The van der Waals surface area contributed by atoms with Crippen LogP contribution in [0.3, 0.4) is 0 Å². The zero-order chi connectivity index (χ0) is 17.1. The number of aromatic nitrogens is 3. The van der Waals surface area contributed by atoms with E-state index < -0.39 is 0 Å². The lowest BCUT2D eigenvalue weighted by atomic mass is 10.2. The molecule has 2 heterocycles. The maximum atomic E-state index is 6.13. The van der Waals surface area contributed by atoms with Crippen molar-refractivity contribution in [1.82, 2.24) is 15.2 Å². The standard InChI is InChI=1S/C17H14ClN5O2/c18-12-3-1-2-4-13(12)21-17-22-16(10-19-23-17)20-11-5-6-14-15(9-11)25-8-7-24-14/h1-6,9-10H,7-8H2,(H2,20,21,22,23). The Morgan fingerprint density at radius 3 is 2.68 bits per heavy atom. The maximum absolute atomic E-state index is 6.13. The monoisotopic (exact) mass is 355 g/mol. The molecule has 7 nitrogen and oxygen atoms in total. The highest BCUT2D eigenvalue weighted by atomic mass is 35.5. The van der Waals surface area contributed by atoms with Gasteiger partial charge in [0.05, 0.1) is 16.9 Å². The highest BCUT2D eigenvalue weighted by Gasteiger charge is 2.12. The first-order valence-corrected chi connectivity index (χ1v) is 8.04. The van der Waals surface area contributed by atoms with E-state index >= 15 is 0 Å². The first-order chi connectivity index (χ1) is 12.3. The van der Waals surface area contributed by atoms with E-state index in [2.05, 4.69) is 25.8 Å². The van der Waals surface area contributed by atoms with Crippen LogP contribution in [-0.2, 0) is 0 Å². The highest BCUT2D eigenvalue weighted by molar-refractivity contribution is 6.33. The number of anilines is 4. The van der Waals surface area contributed by atoms with E-state index in [9.17, 15) is 0 Å².